The maximum atomic E-state index is 12.1. The number of amides is 1. The van der Waals surface area contributed by atoms with Crippen molar-refractivity contribution in [3.8, 4) is 0 Å². The minimum absolute atomic E-state index is 0.113. The minimum Gasteiger partial charge on any atom is -0.322 e. The molecule has 0 aromatic heterocycles. The molecule has 3 nitrogen and oxygen atoms in total. The molecule has 0 radical (unpaired) electrons. The maximum absolute atomic E-state index is 12.1. The number of halogens is 1. The molecule has 1 N–H and O–H groups in total. The van der Waals surface area contributed by atoms with E-state index in [0.29, 0.717) is 21.8 Å². The van der Waals surface area contributed by atoms with Gasteiger partial charge in [-0.2, -0.15) is 0 Å². The molecule has 23 heavy (non-hydrogen) atoms. The summed E-state index contributed by atoms with van der Waals surface area (Å²) in [4.78, 5) is 23.6. The molecule has 0 heterocycles. The molecule has 2 aromatic rings. The van der Waals surface area contributed by atoms with Crippen LogP contribution in [-0.4, -0.2) is 11.7 Å². The van der Waals surface area contributed by atoms with Crippen LogP contribution in [0.1, 0.15) is 22.8 Å². The van der Waals surface area contributed by atoms with Gasteiger partial charge in [0.2, 0.25) is 0 Å². The Morgan fingerprint density at radius 1 is 1.04 bits per heavy atom. The van der Waals surface area contributed by atoms with Crippen molar-refractivity contribution in [1.29, 1.82) is 0 Å². The fourth-order valence-corrected chi connectivity index (χ4v) is 1.92. The van der Waals surface area contributed by atoms with E-state index in [0.717, 1.165) is 5.56 Å². The maximum Gasteiger partial charge on any atom is 0.250 e. The Morgan fingerprint density at radius 2 is 1.65 bits per heavy atom. The smallest absolute Gasteiger partial charge is 0.250 e. The van der Waals surface area contributed by atoms with Crippen LogP contribution < -0.4 is 5.32 Å². The van der Waals surface area contributed by atoms with Crippen molar-refractivity contribution in [2.75, 3.05) is 5.32 Å². The molecule has 0 aliphatic carbocycles. The summed E-state index contributed by atoms with van der Waals surface area (Å²) in [5.41, 5.74) is 2.49. The Kier molecular flexibility index (Phi) is 5.50. The average molecular weight is 326 g/mol. The second kappa shape index (κ2) is 7.56. The van der Waals surface area contributed by atoms with Gasteiger partial charge in [-0.15, -0.1) is 0 Å². The lowest BCUT2D eigenvalue weighted by molar-refractivity contribution is -0.112. The highest BCUT2D eigenvalue weighted by atomic mass is 35.5. The van der Waals surface area contributed by atoms with Crippen LogP contribution in [0.4, 0.5) is 5.69 Å². The van der Waals surface area contributed by atoms with Crippen LogP contribution in [0.25, 0.3) is 6.08 Å². The zero-order chi connectivity index (χ0) is 16.8. The Morgan fingerprint density at radius 3 is 2.22 bits per heavy atom. The van der Waals surface area contributed by atoms with Crippen molar-refractivity contribution < 1.29 is 9.59 Å². The molecule has 0 unspecified atom stereocenters. The molecule has 0 spiro atoms. The second-order valence-corrected chi connectivity index (χ2v) is 5.50. The van der Waals surface area contributed by atoms with Crippen molar-refractivity contribution in [2.24, 2.45) is 0 Å². The first kappa shape index (κ1) is 16.7. The molecule has 0 bridgehead atoms. The first-order chi connectivity index (χ1) is 11.0. The van der Waals surface area contributed by atoms with E-state index in [9.17, 15) is 9.59 Å². The van der Waals surface area contributed by atoms with Crippen molar-refractivity contribution in [3.05, 3.63) is 82.9 Å². The van der Waals surface area contributed by atoms with Crippen LogP contribution >= 0.6 is 11.6 Å². The molecule has 2 rings (SSSR count). The third-order valence-electron chi connectivity index (χ3n) is 3.11. The molecule has 0 atom stereocenters. The summed E-state index contributed by atoms with van der Waals surface area (Å²) in [6, 6.07) is 13.9. The predicted octanol–water partition coefficient (Wildman–Crippen LogP) is 4.75. The topological polar surface area (TPSA) is 46.2 Å². The number of allylic oxidation sites excluding steroid dienone is 1. The third kappa shape index (κ3) is 4.94. The van der Waals surface area contributed by atoms with Crippen LogP contribution in [0.2, 0.25) is 5.02 Å². The Hall–Kier alpha value is -2.65. The van der Waals surface area contributed by atoms with Crippen LogP contribution in [0, 0.1) is 0 Å². The van der Waals surface area contributed by atoms with E-state index in [-0.39, 0.29) is 11.7 Å². The molecule has 0 aliphatic heterocycles. The lowest BCUT2D eigenvalue weighted by Crippen LogP contribution is -2.11. The van der Waals surface area contributed by atoms with E-state index < -0.39 is 0 Å². The summed E-state index contributed by atoms with van der Waals surface area (Å²) < 4.78 is 0. The Balaban J connectivity index is 2.04. The van der Waals surface area contributed by atoms with Gasteiger partial charge >= 0.3 is 0 Å². The standard InChI is InChI=1S/C19H16ClNO2/c1-13(2)19(23)21-17-10-6-15(7-11-17)18(22)12-5-14-3-8-16(20)9-4-14/h3-12H,1H2,2H3,(H,21,23). The summed E-state index contributed by atoms with van der Waals surface area (Å²) in [5, 5.41) is 3.34. The highest BCUT2D eigenvalue weighted by Gasteiger charge is 2.05. The molecule has 0 aliphatic rings. The van der Waals surface area contributed by atoms with Gasteiger partial charge in [-0.3, -0.25) is 9.59 Å². The van der Waals surface area contributed by atoms with Crippen molar-refractivity contribution in [1.82, 2.24) is 0 Å². The number of anilines is 1. The van der Waals surface area contributed by atoms with Crippen LogP contribution in [-0.2, 0) is 4.79 Å². The third-order valence-corrected chi connectivity index (χ3v) is 3.36. The highest BCUT2D eigenvalue weighted by molar-refractivity contribution is 6.30. The monoisotopic (exact) mass is 325 g/mol. The lowest BCUT2D eigenvalue weighted by atomic mass is 10.1. The molecule has 1 amide bonds. The number of carbonyl (C=O) groups excluding carboxylic acids is 2. The van der Waals surface area contributed by atoms with Gasteiger partial charge in [0, 0.05) is 21.8 Å². The fourth-order valence-electron chi connectivity index (χ4n) is 1.80. The summed E-state index contributed by atoms with van der Waals surface area (Å²) in [5.74, 6) is -0.357. The van der Waals surface area contributed by atoms with Crippen LogP contribution in [0.3, 0.4) is 0 Å². The second-order valence-electron chi connectivity index (χ2n) is 5.06. The van der Waals surface area contributed by atoms with Gasteiger partial charge in [0.15, 0.2) is 5.78 Å². The largest absolute Gasteiger partial charge is 0.322 e. The number of hydrogen-bond donors (Lipinski definition) is 1. The molecule has 0 saturated carbocycles. The fraction of sp³-hybridized carbons (Fsp3) is 0.0526. The number of ketones is 1. The van der Waals surface area contributed by atoms with Gasteiger partial charge in [-0.05, 0) is 55.0 Å². The van der Waals surface area contributed by atoms with E-state index in [4.69, 9.17) is 11.6 Å². The van der Waals surface area contributed by atoms with Gasteiger partial charge in [0.1, 0.15) is 0 Å². The van der Waals surface area contributed by atoms with Gasteiger partial charge in [-0.25, -0.2) is 0 Å². The molecular weight excluding hydrogens is 310 g/mol. The zero-order valence-electron chi connectivity index (χ0n) is 12.7. The van der Waals surface area contributed by atoms with Gasteiger partial charge in [-0.1, -0.05) is 36.4 Å². The lowest BCUT2D eigenvalue weighted by Gasteiger charge is -2.05. The Bertz CT molecular complexity index is 759. The first-order valence-electron chi connectivity index (χ1n) is 7.00. The van der Waals surface area contributed by atoms with E-state index >= 15 is 0 Å². The van der Waals surface area contributed by atoms with E-state index in [1.807, 2.05) is 12.1 Å². The normalized spacial score (nSPS) is 10.5. The molecule has 0 fully saturated rings. The van der Waals surface area contributed by atoms with Crippen LogP contribution in [0.15, 0.2) is 66.8 Å². The summed E-state index contributed by atoms with van der Waals surface area (Å²) in [6.07, 6.45) is 3.24. The van der Waals surface area contributed by atoms with Gasteiger partial charge in [0.05, 0.1) is 0 Å². The molecule has 0 saturated heterocycles. The molecule has 4 heteroatoms. The molecule has 116 valence electrons. The van der Waals surface area contributed by atoms with Gasteiger partial charge in [0.25, 0.3) is 5.91 Å². The van der Waals surface area contributed by atoms with Gasteiger partial charge < -0.3 is 5.32 Å². The highest BCUT2D eigenvalue weighted by Crippen LogP contribution is 2.13. The number of nitrogens with one attached hydrogen (secondary N) is 1. The SMILES string of the molecule is C=C(C)C(=O)Nc1ccc(C(=O)C=Cc2ccc(Cl)cc2)cc1. The quantitative estimate of drug-likeness (QED) is 0.637. The minimum atomic E-state index is -0.244. The number of carbonyl (C=O) groups is 2. The van der Waals surface area contributed by atoms with Crippen LogP contribution in [0.5, 0.6) is 0 Å². The van der Waals surface area contributed by atoms with E-state index in [1.54, 1.807) is 49.4 Å². The zero-order valence-corrected chi connectivity index (χ0v) is 13.4. The first-order valence-corrected chi connectivity index (χ1v) is 7.38. The number of hydrogen-bond acceptors (Lipinski definition) is 2. The number of rotatable bonds is 5. The summed E-state index contributed by atoms with van der Waals surface area (Å²) in [7, 11) is 0. The molecule has 2 aromatic carbocycles. The molecular formula is C19H16ClNO2. The van der Waals surface area contributed by atoms with Crippen molar-refractivity contribution in [3.63, 3.8) is 0 Å². The summed E-state index contributed by atoms with van der Waals surface area (Å²) in [6.45, 7) is 5.21. The van der Waals surface area contributed by atoms with E-state index in [2.05, 4.69) is 11.9 Å². The average Bonchev–Trinajstić information content (AvgIpc) is 2.54. The predicted molar refractivity (Wildman–Crippen MR) is 94.7 cm³/mol. The Labute approximate surface area is 140 Å². The van der Waals surface area contributed by atoms with Crippen molar-refractivity contribution >= 4 is 35.1 Å². The van der Waals surface area contributed by atoms with E-state index in [1.165, 1.54) is 6.08 Å². The van der Waals surface area contributed by atoms with Crippen molar-refractivity contribution in [2.45, 2.75) is 6.92 Å². The summed E-state index contributed by atoms with van der Waals surface area (Å²) >= 11 is 5.81. The number of benzene rings is 2.